The fraction of sp³-hybridized carbons (Fsp3) is 0.533. The number of carbonyl (C=O) groups excluding carboxylic acids is 1. The molecule has 1 aliphatic rings. The molecule has 4 nitrogen and oxygen atoms in total. The third-order valence-electron chi connectivity index (χ3n) is 3.71. The van der Waals surface area contributed by atoms with Crippen LogP contribution in [0.15, 0.2) is 18.2 Å². The van der Waals surface area contributed by atoms with Crippen LogP contribution in [0.3, 0.4) is 0 Å². The molecule has 1 fully saturated rings. The van der Waals surface area contributed by atoms with Gasteiger partial charge in [0.05, 0.1) is 5.92 Å². The Bertz CT molecular complexity index is 496. The predicted octanol–water partition coefficient (Wildman–Crippen LogP) is 1.25. The SMILES string of the molecule is NCCNC(=O)C1CCCN(Cc2ccc(F)c(F)c2)C1. The summed E-state index contributed by atoms with van der Waals surface area (Å²) < 4.78 is 26.1. The quantitative estimate of drug-likeness (QED) is 0.860. The summed E-state index contributed by atoms with van der Waals surface area (Å²) in [4.78, 5) is 14.1. The summed E-state index contributed by atoms with van der Waals surface area (Å²) in [5, 5.41) is 2.80. The third-order valence-corrected chi connectivity index (χ3v) is 3.71. The van der Waals surface area contributed by atoms with Crippen molar-refractivity contribution in [1.29, 1.82) is 0 Å². The molecule has 2 rings (SSSR count). The minimum atomic E-state index is -0.837. The van der Waals surface area contributed by atoms with Gasteiger partial charge in [0.2, 0.25) is 5.91 Å². The molecule has 3 N–H and O–H groups in total. The van der Waals surface area contributed by atoms with Gasteiger partial charge < -0.3 is 11.1 Å². The van der Waals surface area contributed by atoms with E-state index in [2.05, 4.69) is 10.2 Å². The molecule has 1 heterocycles. The van der Waals surface area contributed by atoms with Crippen molar-refractivity contribution < 1.29 is 13.6 Å². The molecule has 1 aliphatic heterocycles. The van der Waals surface area contributed by atoms with Gasteiger partial charge in [-0.15, -0.1) is 0 Å². The van der Waals surface area contributed by atoms with Gasteiger partial charge in [-0.25, -0.2) is 8.78 Å². The van der Waals surface area contributed by atoms with Crippen molar-refractivity contribution in [2.24, 2.45) is 11.7 Å². The lowest BCUT2D eigenvalue weighted by Crippen LogP contribution is -2.43. The van der Waals surface area contributed by atoms with E-state index in [4.69, 9.17) is 5.73 Å². The van der Waals surface area contributed by atoms with Crippen LogP contribution in [0.4, 0.5) is 8.78 Å². The Morgan fingerprint density at radius 1 is 1.38 bits per heavy atom. The van der Waals surface area contributed by atoms with E-state index >= 15 is 0 Å². The van der Waals surface area contributed by atoms with Gasteiger partial charge in [0.15, 0.2) is 11.6 Å². The molecule has 0 radical (unpaired) electrons. The van der Waals surface area contributed by atoms with Gasteiger partial charge in [-0.2, -0.15) is 0 Å². The number of nitrogens with zero attached hydrogens (tertiary/aromatic N) is 1. The van der Waals surface area contributed by atoms with E-state index < -0.39 is 11.6 Å². The molecule has 0 saturated carbocycles. The van der Waals surface area contributed by atoms with Gasteiger partial charge in [0.1, 0.15) is 0 Å². The first-order chi connectivity index (χ1) is 10.1. The standard InChI is InChI=1S/C15H21F2N3O/c16-13-4-3-11(8-14(13)17)9-20-7-1-2-12(10-20)15(21)19-6-5-18/h3-4,8,12H,1-2,5-7,9-10,18H2,(H,19,21). The summed E-state index contributed by atoms with van der Waals surface area (Å²) >= 11 is 0. The summed E-state index contributed by atoms with van der Waals surface area (Å²) in [5.41, 5.74) is 6.09. The summed E-state index contributed by atoms with van der Waals surface area (Å²) in [6.45, 7) is 2.93. The Morgan fingerprint density at radius 2 is 2.19 bits per heavy atom. The molecule has 6 heteroatoms. The Balaban J connectivity index is 1.91. The Labute approximate surface area is 123 Å². The van der Waals surface area contributed by atoms with Gasteiger partial charge in [-0.1, -0.05) is 6.07 Å². The molecule has 0 aromatic heterocycles. The second kappa shape index (κ2) is 7.47. The summed E-state index contributed by atoms with van der Waals surface area (Å²) in [7, 11) is 0. The van der Waals surface area contributed by atoms with Crippen LogP contribution in [-0.4, -0.2) is 37.0 Å². The minimum absolute atomic E-state index is 0.0236. The zero-order valence-corrected chi connectivity index (χ0v) is 11.9. The monoisotopic (exact) mass is 297 g/mol. The fourth-order valence-electron chi connectivity index (χ4n) is 2.65. The Morgan fingerprint density at radius 3 is 2.90 bits per heavy atom. The lowest BCUT2D eigenvalue weighted by Gasteiger charge is -2.32. The maximum atomic E-state index is 13.2. The first kappa shape index (κ1) is 15.9. The molecule has 1 aromatic carbocycles. The van der Waals surface area contributed by atoms with Gasteiger partial charge in [-0.3, -0.25) is 9.69 Å². The highest BCUT2D eigenvalue weighted by Crippen LogP contribution is 2.19. The van der Waals surface area contributed by atoms with Crippen LogP contribution in [-0.2, 0) is 11.3 Å². The van der Waals surface area contributed by atoms with Gasteiger partial charge in [0, 0.05) is 26.2 Å². The fourth-order valence-corrected chi connectivity index (χ4v) is 2.65. The van der Waals surface area contributed by atoms with Crippen LogP contribution in [0.25, 0.3) is 0 Å². The second-order valence-electron chi connectivity index (χ2n) is 5.40. The smallest absolute Gasteiger partial charge is 0.224 e. The first-order valence-electron chi connectivity index (χ1n) is 7.24. The van der Waals surface area contributed by atoms with Crippen molar-refractivity contribution in [2.45, 2.75) is 19.4 Å². The van der Waals surface area contributed by atoms with Gasteiger partial charge in [-0.05, 0) is 37.1 Å². The second-order valence-corrected chi connectivity index (χ2v) is 5.40. The molecule has 116 valence electrons. The number of benzene rings is 1. The van der Waals surface area contributed by atoms with Gasteiger partial charge in [0.25, 0.3) is 0 Å². The largest absolute Gasteiger partial charge is 0.355 e. The number of halogens is 2. The van der Waals surface area contributed by atoms with Crippen LogP contribution in [0.5, 0.6) is 0 Å². The number of nitrogens with two attached hydrogens (primary N) is 1. The number of amides is 1. The van der Waals surface area contributed by atoms with Crippen LogP contribution in [0, 0.1) is 17.6 Å². The van der Waals surface area contributed by atoms with E-state index in [0.29, 0.717) is 26.2 Å². The minimum Gasteiger partial charge on any atom is -0.355 e. The van der Waals surface area contributed by atoms with Crippen LogP contribution >= 0.6 is 0 Å². The average Bonchev–Trinajstić information content (AvgIpc) is 2.49. The van der Waals surface area contributed by atoms with E-state index in [-0.39, 0.29) is 11.8 Å². The molecule has 1 aromatic rings. The number of nitrogens with one attached hydrogen (secondary N) is 1. The molecule has 0 spiro atoms. The molecule has 1 saturated heterocycles. The van der Waals surface area contributed by atoms with E-state index in [0.717, 1.165) is 31.0 Å². The Hall–Kier alpha value is -1.53. The van der Waals surface area contributed by atoms with E-state index in [9.17, 15) is 13.6 Å². The number of hydrogen-bond acceptors (Lipinski definition) is 3. The van der Waals surface area contributed by atoms with E-state index in [1.807, 2.05) is 0 Å². The van der Waals surface area contributed by atoms with E-state index in [1.165, 1.54) is 6.07 Å². The summed E-state index contributed by atoms with van der Waals surface area (Å²) in [6, 6.07) is 3.93. The highest BCUT2D eigenvalue weighted by atomic mass is 19.2. The number of hydrogen-bond donors (Lipinski definition) is 2. The molecule has 21 heavy (non-hydrogen) atoms. The zero-order chi connectivity index (χ0) is 15.2. The molecule has 1 atom stereocenters. The van der Waals surface area contributed by atoms with Crippen molar-refractivity contribution in [3.63, 3.8) is 0 Å². The van der Waals surface area contributed by atoms with E-state index in [1.54, 1.807) is 6.07 Å². The van der Waals surface area contributed by atoms with Crippen LogP contribution < -0.4 is 11.1 Å². The number of carbonyl (C=O) groups is 1. The Kier molecular flexibility index (Phi) is 5.64. The summed E-state index contributed by atoms with van der Waals surface area (Å²) in [5.74, 6) is -1.70. The topological polar surface area (TPSA) is 58.4 Å². The lowest BCUT2D eigenvalue weighted by molar-refractivity contribution is -0.126. The number of likely N-dealkylation sites (tertiary alicyclic amines) is 1. The maximum Gasteiger partial charge on any atom is 0.224 e. The van der Waals surface area contributed by atoms with Crippen LogP contribution in [0.1, 0.15) is 18.4 Å². The molecule has 0 bridgehead atoms. The molecule has 0 aliphatic carbocycles. The van der Waals surface area contributed by atoms with Gasteiger partial charge >= 0.3 is 0 Å². The van der Waals surface area contributed by atoms with Crippen molar-refractivity contribution in [3.05, 3.63) is 35.4 Å². The molecule has 1 unspecified atom stereocenters. The lowest BCUT2D eigenvalue weighted by atomic mass is 9.96. The first-order valence-corrected chi connectivity index (χ1v) is 7.24. The third kappa shape index (κ3) is 4.47. The average molecular weight is 297 g/mol. The zero-order valence-electron chi connectivity index (χ0n) is 11.9. The highest BCUT2D eigenvalue weighted by Gasteiger charge is 2.25. The predicted molar refractivity (Wildman–Crippen MR) is 76.4 cm³/mol. The molecular formula is C15H21F2N3O. The summed E-state index contributed by atoms with van der Waals surface area (Å²) in [6.07, 6.45) is 1.77. The van der Waals surface area contributed by atoms with Crippen molar-refractivity contribution in [3.8, 4) is 0 Å². The van der Waals surface area contributed by atoms with Crippen LogP contribution in [0.2, 0.25) is 0 Å². The number of piperidine rings is 1. The molecule has 1 amide bonds. The normalized spacial score (nSPS) is 19.5. The van der Waals surface area contributed by atoms with Crippen molar-refractivity contribution in [2.75, 3.05) is 26.2 Å². The highest BCUT2D eigenvalue weighted by molar-refractivity contribution is 5.78. The maximum absolute atomic E-state index is 13.2. The number of rotatable bonds is 5. The molecular weight excluding hydrogens is 276 g/mol. The van der Waals surface area contributed by atoms with Crippen molar-refractivity contribution in [1.82, 2.24) is 10.2 Å². The van der Waals surface area contributed by atoms with Crippen molar-refractivity contribution >= 4 is 5.91 Å².